The first-order chi connectivity index (χ1) is 9.22. The molecule has 0 aliphatic heterocycles. The van der Waals surface area contributed by atoms with Crippen LogP contribution in [0.4, 0.5) is 0 Å². The van der Waals surface area contributed by atoms with Crippen LogP contribution in [0.15, 0.2) is 24.5 Å². The molecule has 3 aromatic heterocycles. The number of hydrogen-bond acceptors (Lipinski definition) is 5. The van der Waals surface area contributed by atoms with Gasteiger partial charge in [-0.15, -0.1) is 10.2 Å². The van der Waals surface area contributed by atoms with E-state index in [0.717, 1.165) is 12.0 Å². The van der Waals surface area contributed by atoms with Crippen molar-refractivity contribution in [3.05, 3.63) is 41.6 Å². The van der Waals surface area contributed by atoms with Crippen molar-refractivity contribution in [1.29, 1.82) is 0 Å². The monoisotopic (exact) mass is 258 g/mol. The lowest BCUT2D eigenvalue weighted by atomic mass is 10.1. The van der Waals surface area contributed by atoms with Gasteiger partial charge in [-0.1, -0.05) is 11.3 Å². The number of aromatic amines is 1. The molecule has 0 saturated carbocycles. The average Bonchev–Trinajstić information content (AvgIpc) is 3.04. The molecule has 3 heterocycles. The summed E-state index contributed by atoms with van der Waals surface area (Å²) in [5, 5.41) is 22.5. The maximum absolute atomic E-state index is 10.8. The number of carbonyl (C=O) groups is 1. The Morgan fingerprint density at radius 3 is 2.95 bits per heavy atom. The smallest absolute Gasteiger partial charge is 0.356 e. The van der Waals surface area contributed by atoms with Crippen LogP contribution >= 0.6 is 0 Å². The van der Waals surface area contributed by atoms with Crippen molar-refractivity contribution < 1.29 is 9.90 Å². The van der Waals surface area contributed by atoms with Gasteiger partial charge in [0.1, 0.15) is 5.65 Å². The van der Waals surface area contributed by atoms with Gasteiger partial charge >= 0.3 is 5.97 Å². The number of aromatic carboxylic acids is 1. The van der Waals surface area contributed by atoms with E-state index >= 15 is 0 Å². The third-order valence-corrected chi connectivity index (χ3v) is 2.76. The lowest BCUT2D eigenvalue weighted by Gasteiger charge is -1.99. The Kier molecular flexibility index (Phi) is 2.67. The molecule has 96 valence electrons. The first-order valence-corrected chi connectivity index (χ1v) is 5.65. The van der Waals surface area contributed by atoms with Gasteiger partial charge in [-0.3, -0.25) is 0 Å². The molecule has 0 radical (unpaired) electrons. The fourth-order valence-corrected chi connectivity index (χ4v) is 1.83. The Labute approximate surface area is 107 Å². The molecule has 0 aliphatic rings. The highest BCUT2D eigenvalue weighted by molar-refractivity contribution is 5.86. The molecular weight excluding hydrogens is 248 g/mol. The van der Waals surface area contributed by atoms with Crippen molar-refractivity contribution >= 4 is 11.6 Å². The SMILES string of the molecule is O=C(O)c1cn2cc(CCc3nn[nH]n3)ccc2n1. The molecule has 0 atom stereocenters. The molecule has 0 aromatic carbocycles. The average molecular weight is 258 g/mol. The van der Waals surface area contributed by atoms with Crippen LogP contribution in [0.5, 0.6) is 0 Å². The highest BCUT2D eigenvalue weighted by Gasteiger charge is 2.08. The molecule has 0 fully saturated rings. The van der Waals surface area contributed by atoms with Crippen LogP contribution in [0.2, 0.25) is 0 Å². The number of rotatable bonds is 4. The van der Waals surface area contributed by atoms with Crippen molar-refractivity contribution in [1.82, 2.24) is 30.0 Å². The van der Waals surface area contributed by atoms with Gasteiger partial charge in [0.2, 0.25) is 0 Å². The lowest BCUT2D eigenvalue weighted by molar-refractivity contribution is 0.0691. The molecule has 19 heavy (non-hydrogen) atoms. The molecule has 0 saturated heterocycles. The summed E-state index contributed by atoms with van der Waals surface area (Å²) >= 11 is 0. The maximum Gasteiger partial charge on any atom is 0.356 e. The number of fused-ring (bicyclic) bond motifs is 1. The van der Waals surface area contributed by atoms with E-state index in [0.29, 0.717) is 17.9 Å². The van der Waals surface area contributed by atoms with Gasteiger partial charge in [-0.25, -0.2) is 9.78 Å². The summed E-state index contributed by atoms with van der Waals surface area (Å²) in [4.78, 5) is 14.8. The fraction of sp³-hybridized carbons (Fsp3) is 0.182. The van der Waals surface area contributed by atoms with Crippen molar-refractivity contribution in [2.45, 2.75) is 12.8 Å². The first kappa shape index (κ1) is 11.3. The number of carboxylic acid groups (broad SMARTS) is 1. The molecule has 3 rings (SSSR count). The van der Waals surface area contributed by atoms with E-state index in [1.165, 1.54) is 6.20 Å². The van der Waals surface area contributed by atoms with Gasteiger partial charge in [0.25, 0.3) is 0 Å². The van der Waals surface area contributed by atoms with Crippen LogP contribution in [0.3, 0.4) is 0 Å². The zero-order chi connectivity index (χ0) is 13.2. The summed E-state index contributed by atoms with van der Waals surface area (Å²) in [5.74, 6) is -0.381. The summed E-state index contributed by atoms with van der Waals surface area (Å²) in [6.07, 6.45) is 4.77. The number of H-pyrrole nitrogens is 1. The van der Waals surface area contributed by atoms with Gasteiger partial charge in [0.05, 0.1) is 0 Å². The van der Waals surface area contributed by atoms with Crippen LogP contribution in [0.1, 0.15) is 21.9 Å². The lowest BCUT2D eigenvalue weighted by Crippen LogP contribution is -1.96. The highest BCUT2D eigenvalue weighted by atomic mass is 16.4. The quantitative estimate of drug-likeness (QED) is 0.698. The Morgan fingerprint density at radius 1 is 1.32 bits per heavy atom. The number of aryl methyl sites for hydroxylation is 2. The van der Waals surface area contributed by atoms with E-state index in [-0.39, 0.29) is 5.69 Å². The number of pyridine rings is 1. The van der Waals surface area contributed by atoms with Gasteiger partial charge in [-0.2, -0.15) is 5.21 Å². The van der Waals surface area contributed by atoms with Crippen molar-refractivity contribution in [3.63, 3.8) is 0 Å². The molecule has 0 bridgehead atoms. The minimum atomic E-state index is -1.03. The minimum Gasteiger partial charge on any atom is -0.476 e. The predicted molar refractivity (Wildman–Crippen MR) is 63.7 cm³/mol. The highest BCUT2D eigenvalue weighted by Crippen LogP contribution is 2.09. The predicted octanol–water partition coefficient (Wildman–Crippen LogP) is 0.331. The molecule has 0 unspecified atom stereocenters. The summed E-state index contributed by atoms with van der Waals surface area (Å²) < 4.78 is 1.70. The number of tetrazole rings is 1. The Balaban J connectivity index is 1.82. The summed E-state index contributed by atoms with van der Waals surface area (Å²) in [6, 6.07) is 3.70. The second-order valence-corrected chi connectivity index (χ2v) is 4.06. The van der Waals surface area contributed by atoms with Crippen molar-refractivity contribution in [2.75, 3.05) is 0 Å². The van der Waals surface area contributed by atoms with Crippen LogP contribution in [0, 0.1) is 0 Å². The third kappa shape index (κ3) is 2.28. The van der Waals surface area contributed by atoms with E-state index in [1.807, 2.05) is 12.3 Å². The number of aromatic nitrogens is 6. The van der Waals surface area contributed by atoms with E-state index < -0.39 is 5.97 Å². The number of imidazole rings is 1. The normalized spacial score (nSPS) is 10.9. The van der Waals surface area contributed by atoms with Crippen LogP contribution in [0.25, 0.3) is 5.65 Å². The zero-order valence-corrected chi connectivity index (χ0v) is 9.82. The molecular formula is C11H10N6O2. The number of carboxylic acids is 1. The second-order valence-electron chi connectivity index (χ2n) is 4.06. The maximum atomic E-state index is 10.8. The van der Waals surface area contributed by atoms with E-state index in [2.05, 4.69) is 25.6 Å². The van der Waals surface area contributed by atoms with Crippen LogP contribution in [-0.4, -0.2) is 41.1 Å². The zero-order valence-electron chi connectivity index (χ0n) is 9.82. The fourth-order valence-electron chi connectivity index (χ4n) is 1.83. The van der Waals surface area contributed by atoms with Crippen molar-refractivity contribution in [2.24, 2.45) is 0 Å². The van der Waals surface area contributed by atoms with E-state index in [1.54, 1.807) is 10.5 Å². The molecule has 2 N–H and O–H groups in total. The number of nitrogens with zero attached hydrogens (tertiary/aromatic N) is 5. The van der Waals surface area contributed by atoms with E-state index in [4.69, 9.17) is 5.11 Å². The first-order valence-electron chi connectivity index (χ1n) is 5.65. The van der Waals surface area contributed by atoms with E-state index in [9.17, 15) is 4.79 Å². The summed E-state index contributed by atoms with van der Waals surface area (Å²) in [5.41, 5.74) is 1.70. The second kappa shape index (κ2) is 4.48. The van der Waals surface area contributed by atoms with Crippen LogP contribution in [-0.2, 0) is 12.8 Å². The largest absolute Gasteiger partial charge is 0.476 e. The topological polar surface area (TPSA) is 109 Å². The molecule has 8 heteroatoms. The molecule has 0 aliphatic carbocycles. The standard InChI is InChI=1S/C11H10N6O2/c18-11(19)8-6-17-5-7(2-4-10(17)12-8)1-3-9-13-15-16-14-9/h2,4-6H,1,3H2,(H,18,19)(H,13,14,15,16). The third-order valence-electron chi connectivity index (χ3n) is 2.76. The van der Waals surface area contributed by atoms with Crippen LogP contribution < -0.4 is 0 Å². The Bertz CT molecular complexity index is 718. The Morgan fingerprint density at radius 2 is 2.21 bits per heavy atom. The Hall–Kier alpha value is -2.77. The van der Waals surface area contributed by atoms with Gasteiger partial charge in [0.15, 0.2) is 11.5 Å². The number of hydrogen-bond donors (Lipinski definition) is 2. The molecule has 3 aromatic rings. The van der Waals surface area contributed by atoms with Gasteiger partial charge in [0, 0.05) is 18.8 Å². The molecule has 8 nitrogen and oxygen atoms in total. The summed E-state index contributed by atoms with van der Waals surface area (Å²) in [6.45, 7) is 0. The summed E-state index contributed by atoms with van der Waals surface area (Å²) in [7, 11) is 0. The van der Waals surface area contributed by atoms with Gasteiger partial charge < -0.3 is 9.51 Å². The molecule has 0 spiro atoms. The molecule has 0 amide bonds. The minimum absolute atomic E-state index is 0.0373. The van der Waals surface area contributed by atoms with Gasteiger partial charge in [-0.05, 0) is 18.1 Å². The van der Waals surface area contributed by atoms with Crippen molar-refractivity contribution in [3.8, 4) is 0 Å². The number of nitrogens with one attached hydrogen (secondary N) is 1.